The molecule has 2 aliphatic rings. The number of carbonyl (C=O) groups excluding carboxylic acids is 4. The van der Waals surface area contributed by atoms with Crippen LogP contribution in [0.1, 0.15) is 73.9 Å². The van der Waals surface area contributed by atoms with Gasteiger partial charge in [0.1, 0.15) is 24.4 Å². The van der Waals surface area contributed by atoms with E-state index in [0.29, 0.717) is 38.6 Å². The summed E-state index contributed by atoms with van der Waals surface area (Å²) in [5.74, 6) is -1.38. The van der Waals surface area contributed by atoms with Gasteiger partial charge in [0.25, 0.3) is 5.91 Å². The van der Waals surface area contributed by atoms with Gasteiger partial charge in [0.2, 0.25) is 23.6 Å². The van der Waals surface area contributed by atoms with Gasteiger partial charge in [-0.05, 0) is 56.7 Å². The summed E-state index contributed by atoms with van der Waals surface area (Å²) in [5, 5.41) is 14.9. The van der Waals surface area contributed by atoms with Crippen molar-refractivity contribution in [2.45, 2.75) is 70.5 Å². The van der Waals surface area contributed by atoms with E-state index in [1.807, 2.05) is 44.2 Å². The van der Waals surface area contributed by atoms with Crippen molar-refractivity contribution in [2.24, 2.45) is 11.8 Å². The second kappa shape index (κ2) is 14.1. The van der Waals surface area contributed by atoms with Crippen molar-refractivity contribution in [1.29, 1.82) is 0 Å². The highest BCUT2D eigenvalue weighted by Gasteiger charge is 2.32. The standard InChI is InChI=1S/C29H40N6O5/c1-18(2)24-29-34-23(17-40-29)26(37)31-13-7-6-10-21(32-25(36)20-11-14-30-15-12-20)27(38)33-22(28(39)35-24)16-19-8-4-3-5-9-19/h3-5,8-9,17-18,20-22,24,30H,6-7,10-16H2,1-2H3,(H,31,37)(H,32,36)(H,33,38)(H,35,39)/t21-,22-,24-/m0/s1. The molecular formula is C29H40N6O5. The van der Waals surface area contributed by atoms with Gasteiger partial charge in [0.05, 0.1) is 0 Å². The molecule has 0 spiro atoms. The SMILES string of the molecule is CC(C)[C@@H]1NC(=O)[C@H](Cc2ccccc2)NC(=O)[C@@H](NC(=O)C2CCNCC2)CCCCNC(=O)c2coc1n2. The van der Waals surface area contributed by atoms with Gasteiger partial charge in [0, 0.05) is 18.9 Å². The minimum absolute atomic E-state index is 0.109. The molecule has 11 nitrogen and oxygen atoms in total. The third kappa shape index (κ3) is 7.91. The first-order valence-electron chi connectivity index (χ1n) is 14.2. The van der Waals surface area contributed by atoms with E-state index in [1.54, 1.807) is 0 Å². The number of oxazole rings is 1. The molecule has 1 fully saturated rings. The number of amides is 4. The second-order valence-corrected chi connectivity index (χ2v) is 10.9. The maximum absolute atomic E-state index is 13.7. The summed E-state index contributed by atoms with van der Waals surface area (Å²) < 4.78 is 5.60. The van der Waals surface area contributed by atoms with Crippen LogP contribution in [0.15, 0.2) is 41.0 Å². The average molecular weight is 553 g/mol. The highest BCUT2D eigenvalue weighted by molar-refractivity contribution is 5.93. The van der Waals surface area contributed by atoms with Crippen molar-refractivity contribution >= 4 is 23.6 Å². The molecule has 2 bridgehead atoms. The Morgan fingerprint density at radius 1 is 1.00 bits per heavy atom. The fourth-order valence-electron chi connectivity index (χ4n) is 5.04. The van der Waals surface area contributed by atoms with Gasteiger partial charge in [-0.3, -0.25) is 19.2 Å². The number of piperidine rings is 1. The molecule has 11 heteroatoms. The van der Waals surface area contributed by atoms with E-state index in [0.717, 1.165) is 18.7 Å². The van der Waals surface area contributed by atoms with E-state index in [1.165, 1.54) is 6.26 Å². The molecule has 2 aliphatic heterocycles. The van der Waals surface area contributed by atoms with E-state index in [2.05, 4.69) is 31.6 Å². The predicted molar refractivity (Wildman–Crippen MR) is 148 cm³/mol. The molecule has 0 radical (unpaired) electrons. The third-order valence-electron chi connectivity index (χ3n) is 7.45. The zero-order valence-corrected chi connectivity index (χ0v) is 23.2. The van der Waals surface area contributed by atoms with E-state index in [4.69, 9.17) is 4.42 Å². The maximum atomic E-state index is 13.7. The molecule has 1 aromatic carbocycles. The molecule has 216 valence electrons. The molecule has 3 atom stereocenters. The van der Waals surface area contributed by atoms with E-state index in [-0.39, 0.29) is 41.7 Å². The number of nitrogens with zero attached hydrogens (tertiary/aromatic N) is 1. The largest absolute Gasteiger partial charge is 0.446 e. The number of carbonyl (C=O) groups is 4. The van der Waals surface area contributed by atoms with Crippen LogP contribution in [0.4, 0.5) is 0 Å². The number of nitrogens with one attached hydrogen (secondary N) is 5. The number of rotatable bonds is 5. The van der Waals surface area contributed by atoms with Gasteiger partial charge < -0.3 is 31.0 Å². The lowest BCUT2D eigenvalue weighted by molar-refractivity contribution is -0.134. The molecule has 1 saturated heterocycles. The summed E-state index contributed by atoms with van der Waals surface area (Å²) in [5.41, 5.74) is 1.02. The van der Waals surface area contributed by atoms with Crippen LogP contribution in [0.2, 0.25) is 0 Å². The lowest BCUT2D eigenvalue weighted by Crippen LogP contribution is -2.56. The van der Waals surface area contributed by atoms with Crippen molar-refractivity contribution in [3.05, 3.63) is 53.7 Å². The normalized spacial score (nSPS) is 23.7. The number of aromatic nitrogens is 1. The van der Waals surface area contributed by atoms with Crippen LogP contribution >= 0.6 is 0 Å². The summed E-state index contributed by atoms with van der Waals surface area (Å²) in [6.07, 6.45) is 4.54. The number of hydrogen-bond acceptors (Lipinski definition) is 7. The van der Waals surface area contributed by atoms with Crippen molar-refractivity contribution in [1.82, 2.24) is 31.6 Å². The molecule has 40 heavy (non-hydrogen) atoms. The topological polar surface area (TPSA) is 154 Å². The van der Waals surface area contributed by atoms with Crippen LogP contribution in [0.3, 0.4) is 0 Å². The summed E-state index contributed by atoms with van der Waals surface area (Å²) >= 11 is 0. The monoisotopic (exact) mass is 552 g/mol. The fraction of sp³-hybridized carbons (Fsp3) is 0.552. The van der Waals surface area contributed by atoms with Crippen LogP contribution in [-0.2, 0) is 20.8 Å². The lowest BCUT2D eigenvalue weighted by Gasteiger charge is -2.28. The summed E-state index contributed by atoms with van der Waals surface area (Å²) in [6.45, 7) is 5.72. The minimum atomic E-state index is -0.903. The first-order valence-corrected chi connectivity index (χ1v) is 14.2. The number of fused-ring (bicyclic) bond motifs is 2. The Morgan fingerprint density at radius 2 is 1.75 bits per heavy atom. The molecule has 4 amide bonds. The maximum Gasteiger partial charge on any atom is 0.273 e. The number of hydrogen-bond donors (Lipinski definition) is 5. The van der Waals surface area contributed by atoms with Gasteiger partial charge >= 0.3 is 0 Å². The Balaban J connectivity index is 1.59. The Hall–Kier alpha value is -3.73. The fourth-order valence-corrected chi connectivity index (χ4v) is 5.04. The van der Waals surface area contributed by atoms with Crippen molar-refractivity contribution in [3.8, 4) is 0 Å². The van der Waals surface area contributed by atoms with Crippen molar-refractivity contribution in [2.75, 3.05) is 19.6 Å². The first kappa shape index (κ1) is 29.3. The second-order valence-electron chi connectivity index (χ2n) is 10.9. The van der Waals surface area contributed by atoms with Crippen LogP contribution in [-0.4, -0.2) is 60.3 Å². The molecule has 1 aromatic heterocycles. The van der Waals surface area contributed by atoms with Gasteiger partial charge in [-0.15, -0.1) is 0 Å². The quantitative estimate of drug-likeness (QED) is 0.378. The van der Waals surface area contributed by atoms with Crippen LogP contribution in [0.25, 0.3) is 0 Å². The van der Waals surface area contributed by atoms with E-state index in [9.17, 15) is 19.2 Å². The molecule has 0 saturated carbocycles. The summed E-state index contributed by atoms with van der Waals surface area (Å²) in [7, 11) is 0. The first-order chi connectivity index (χ1) is 19.3. The van der Waals surface area contributed by atoms with E-state index < -0.39 is 29.9 Å². The summed E-state index contributed by atoms with van der Waals surface area (Å²) in [6, 6.07) is 7.11. The lowest BCUT2D eigenvalue weighted by atomic mass is 9.96. The van der Waals surface area contributed by atoms with Gasteiger partial charge in [-0.2, -0.15) is 0 Å². The molecular weight excluding hydrogens is 512 g/mol. The van der Waals surface area contributed by atoms with Crippen LogP contribution in [0, 0.1) is 11.8 Å². The number of benzene rings is 1. The van der Waals surface area contributed by atoms with Gasteiger partial charge in [0.15, 0.2) is 5.69 Å². The minimum Gasteiger partial charge on any atom is -0.446 e. The highest BCUT2D eigenvalue weighted by Crippen LogP contribution is 2.22. The average Bonchev–Trinajstić information content (AvgIpc) is 3.45. The van der Waals surface area contributed by atoms with Crippen LogP contribution < -0.4 is 26.6 Å². The zero-order valence-electron chi connectivity index (χ0n) is 23.2. The Morgan fingerprint density at radius 3 is 2.48 bits per heavy atom. The van der Waals surface area contributed by atoms with Gasteiger partial charge in [-0.1, -0.05) is 44.2 Å². The molecule has 0 unspecified atom stereocenters. The molecule has 0 aliphatic carbocycles. The van der Waals surface area contributed by atoms with Crippen molar-refractivity contribution < 1.29 is 23.6 Å². The molecule has 2 aromatic rings. The Labute approximate surface area is 234 Å². The Bertz CT molecular complexity index is 1160. The third-order valence-corrected chi connectivity index (χ3v) is 7.45. The van der Waals surface area contributed by atoms with Crippen LogP contribution in [0.5, 0.6) is 0 Å². The highest BCUT2D eigenvalue weighted by atomic mass is 16.3. The predicted octanol–water partition coefficient (Wildman–Crippen LogP) is 1.61. The van der Waals surface area contributed by atoms with Gasteiger partial charge in [-0.25, -0.2) is 4.98 Å². The molecule has 5 N–H and O–H groups in total. The Kier molecular flexibility index (Phi) is 10.3. The van der Waals surface area contributed by atoms with E-state index >= 15 is 0 Å². The molecule has 4 rings (SSSR count). The zero-order chi connectivity index (χ0) is 28.5. The van der Waals surface area contributed by atoms with Crippen molar-refractivity contribution in [3.63, 3.8) is 0 Å². The smallest absolute Gasteiger partial charge is 0.273 e. The molecule has 3 heterocycles. The summed E-state index contributed by atoms with van der Waals surface area (Å²) in [4.78, 5) is 57.3.